The zero-order chi connectivity index (χ0) is 13.1. The zero-order valence-electron chi connectivity index (χ0n) is 11.3. The fraction of sp³-hybridized carbons (Fsp3) is 0.625. The quantitative estimate of drug-likeness (QED) is 0.825. The number of halogens is 1. The molecule has 0 bridgehead atoms. The van der Waals surface area contributed by atoms with Crippen LogP contribution in [-0.2, 0) is 0 Å². The van der Waals surface area contributed by atoms with Gasteiger partial charge in [0.05, 0.1) is 6.10 Å². The van der Waals surface area contributed by atoms with Crippen LogP contribution >= 0.6 is 11.6 Å². The molecule has 0 saturated heterocycles. The molecule has 18 heavy (non-hydrogen) atoms. The Morgan fingerprint density at radius 3 is 2.78 bits per heavy atom. The highest BCUT2D eigenvalue weighted by molar-refractivity contribution is 6.31. The SMILES string of the molecule is CCC1CCCCC1C(O)c1cccc(Cl)c1C. The molecule has 0 radical (unpaired) electrons. The summed E-state index contributed by atoms with van der Waals surface area (Å²) in [5.74, 6) is 1.06. The molecule has 0 aliphatic heterocycles. The molecule has 2 heteroatoms. The van der Waals surface area contributed by atoms with Gasteiger partial charge in [-0.25, -0.2) is 0 Å². The second kappa shape index (κ2) is 6.08. The van der Waals surface area contributed by atoms with Gasteiger partial charge < -0.3 is 5.11 Å². The highest BCUT2D eigenvalue weighted by Crippen LogP contribution is 2.41. The second-order valence-corrected chi connectivity index (χ2v) is 5.92. The summed E-state index contributed by atoms with van der Waals surface area (Å²) in [5.41, 5.74) is 2.06. The molecule has 1 aromatic carbocycles. The highest BCUT2D eigenvalue weighted by Gasteiger charge is 2.31. The van der Waals surface area contributed by atoms with E-state index < -0.39 is 0 Å². The number of rotatable bonds is 3. The van der Waals surface area contributed by atoms with Crippen molar-refractivity contribution >= 4 is 11.6 Å². The molecule has 0 spiro atoms. The lowest BCUT2D eigenvalue weighted by Gasteiger charge is -2.35. The minimum absolute atomic E-state index is 0.353. The summed E-state index contributed by atoms with van der Waals surface area (Å²) >= 11 is 6.16. The van der Waals surface area contributed by atoms with Crippen molar-refractivity contribution in [2.75, 3.05) is 0 Å². The maximum atomic E-state index is 10.7. The Morgan fingerprint density at radius 1 is 1.33 bits per heavy atom. The molecule has 1 saturated carbocycles. The van der Waals surface area contributed by atoms with Gasteiger partial charge in [-0.15, -0.1) is 0 Å². The molecule has 3 unspecified atom stereocenters. The molecule has 0 aromatic heterocycles. The highest BCUT2D eigenvalue weighted by atomic mass is 35.5. The minimum Gasteiger partial charge on any atom is -0.388 e. The molecule has 0 amide bonds. The lowest BCUT2D eigenvalue weighted by Crippen LogP contribution is -2.25. The first kappa shape index (κ1) is 13.9. The van der Waals surface area contributed by atoms with Gasteiger partial charge >= 0.3 is 0 Å². The van der Waals surface area contributed by atoms with E-state index in [1.54, 1.807) is 0 Å². The van der Waals surface area contributed by atoms with E-state index in [0.29, 0.717) is 11.8 Å². The minimum atomic E-state index is -0.353. The topological polar surface area (TPSA) is 20.2 Å². The lowest BCUT2D eigenvalue weighted by molar-refractivity contribution is 0.0448. The molecule has 0 heterocycles. The van der Waals surface area contributed by atoms with E-state index in [0.717, 1.165) is 22.6 Å². The Morgan fingerprint density at radius 2 is 2.06 bits per heavy atom. The lowest BCUT2D eigenvalue weighted by atomic mass is 9.73. The van der Waals surface area contributed by atoms with Crippen LogP contribution in [0.15, 0.2) is 18.2 Å². The summed E-state index contributed by atoms with van der Waals surface area (Å²) in [6.45, 7) is 4.24. The smallest absolute Gasteiger partial charge is 0.0823 e. The normalized spacial score (nSPS) is 26.0. The third-order valence-corrected chi connectivity index (χ3v) is 4.94. The standard InChI is InChI=1S/C16H23ClO/c1-3-12-7-4-5-8-14(12)16(18)13-9-6-10-15(17)11(13)2/h6,9-10,12,14,16,18H,3-5,7-8H2,1-2H3. The molecular weight excluding hydrogens is 244 g/mol. The molecule has 100 valence electrons. The van der Waals surface area contributed by atoms with Crippen molar-refractivity contribution in [3.8, 4) is 0 Å². The second-order valence-electron chi connectivity index (χ2n) is 5.52. The van der Waals surface area contributed by atoms with Gasteiger partial charge in [-0.3, -0.25) is 0 Å². The van der Waals surface area contributed by atoms with E-state index in [1.165, 1.54) is 25.7 Å². The van der Waals surface area contributed by atoms with Crippen LogP contribution < -0.4 is 0 Å². The van der Waals surface area contributed by atoms with Crippen molar-refractivity contribution in [1.82, 2.24) is 0 Å². The molecule has 1 nitrogen and oxygen atoms in total. The van der Waals surface area contributed by atoms with Crippen LogP contribution in [0.5, 0.6) is 0 Å². The molecule has 1 N–H and O–H groups in total. The predicted octanol–water partition coefficient (Wildman–Crippen LogP) is 4.90. The van der Waals surface area contributed by atoms with Gasteiger partial charge in [0, 0.05) is 5.02 Å². The predicted molar refractivity (Wildman–Crippen MR) is 76.9 cm³/mol. The van der Waals surface area contributed by atoms with Crippen LogP contribution in [0.3, 0.4) is 0 Å². The van der Waals surface area contributed by atoms with E-state index in [2.05, 4.69) is 6.92 Å². The van der Waals surface area contributed by atoms with Crippen molar-refractivity contribution < 1.29 is 5.11 Å². The van der Waals surface area contributed by atoms with Gasteiger partial charge in [0.15, 0.2) is 0 Å². The van der Waals surface area contributed by atoms with E-state index in [4.69, 9.17) is 11.6 Å². The van der Waals surface area contributed by atoms with Crippen molar-refractivity contribution in [2.45, 2.75) is 52.1 Å². The maximum Gasteiger partial charge on any atom is 0.0823 e. The summed E-state index contributed by atoms with van der Waals surface area (Å²) in [7, 11) is 0. The van der Waals surface area contributed by atoms with Crippen LogP contribution in [0.25, 0.3) is 0 Å². The van der Waals surface area contributed by atoms with E-state index >= 15 is 0 Å². The number of aliphatic hydroxyl groups excluding tert-OH is 1. The van der Waals surface area contributed by atoms with Crippen molar-refractivity contribution in [3.63, 3.8) is 0 Å². The van der Waals surface area contributed by atoms with Gasteiger partial charge in [-0.2, -0.15) is 0 Å². The number of benzene rings is 1. The summed E-state index contributed by atoms with van der Waals surface area (Å²) in [6.07, 6.45) is 5.78. The Hall–Kier alpha value is -0.530. The Kier molecular flexibility index (Phi) is 4.69. The zero-order valence-corrected chi connectivity index (χ0v) is 12.1. The van der Waals surface area contributed by atoms with Crippen LogP contribution in [0.1, 0.15) is 56.3 Å². The van der Waals surface area contributed by atoms with E-state index in [-0.39, 0.29) is 6.10 Å². The molecule has 1 fully saturated rings. The number of aliphatic hydroxyl groups is 1. The molecule has 1 aliphatic rings. The fourth-order valence-corrected chi connectivity index (χ4v) is 3.52. The first-order valence-electron chi connectivity index (χ1n) is 7.08. The number of hydrogen-bond acceptors (Lipinski definition) is 1. The van der Waals surface area contributed by atoms with Crippen LogP contribution in [0, 0.1) is 18.8 Å². The van der Waals surface area contributed by atoms with Gasteiger partial charge in [-0.05, 0) is 42.4 Å². The first-order chi connectivity index (χ1) is 8.65. The van der Waals surface area contributed by atoms with Crippen molar-refractivity contribution in [2.24, 2.45) is 11.8 Å². The maximum absolute atomic E-state index is 10.7. The Bertz CT molecular complexity index is 402. The van der Waals surface area contributed by atoms with E-state index in [1.807, 2.05) is 25.1 Å². The average Bonchev–Trinajstić information content (AvgIpc) is 2.41. The average molecular weight is 267 g/mol. The van der Waals surface area contributed by atoms with Crippen LogP contribution in [-0.4, -0.2) is 5.11 Å². The fourth-order valence-electron chi connectivity index (χ4n) is 3.33. The first-order valence-corrected chi connectivity index (χ1v) is 7.46. The summed E-state index contributed by atoms with van der Waals surface area (Å²) in [4.78, 5) is 0. The van der Waals surface area contributed by atoms with E-state index in [9.17, 15) is 5.11 Å². The molecule has 1 aliphatic carbocycles. The molecule has 1 aromatic rings. The summed E-state index contributed by atoms with van der Waals surface area (Å²) < 4.78 is 0. The molecular formula is C16H23ClO. The van der Waals surface area contributed by atoms with Gasteiger partial charge in [0.25, 0.3) is 0 Å². The largest absolute Gasteiger partial charge is 0.388 e. The Labute approximate surface area is 115 Å². The molecule has 3 atom stereocenters. The van der Waals surface area contributed by atoms with Gasteiger partial charge in [0.1, 0.15) is 0 Å². The summed E-state index contributed by atoms with van der Waals surface area (Å²) in [6, 6.07) is 5.86. The van der Waals surface area contributed by atoms with Crippen molar-refractivity contribution in [3.05, 3.63) is 34.3 Å². The van der Waals surface area contributed by atoms with Gasteiger partial charge in [0.2, 0.25) is 0 Å². The monoisotopic (exact) mass is 266 g/mol. The van der Waals surface area contributed by atoms with Crippen LogP contribution in [0.4, 0.5) is 0 Å². The van der Waals surface area contributed by atoms with Gasteiger partial charge in [-0.1, -0.05) is 56.3 Å². The van der Waals surface area contributed by atoms with Crippen LogP contribution in [0.2, 0.25) is 5.02 Å². The third kappa shape index (κ3) is 2.73. The Balaban J connectivity index is 2.23. The van der Waals surface area contributed by atoms with Crippen molar-refractivity contribution in [1.29, 1.82) is 0 Å². The summed E-state index contributed by atoms with van der Waals surface area (Å²) in [5, 5.41) is 11.5. The third-order valence-electron chi connectivity index (χ3n) is 4.53. The molecule has 2 rings (SSSR count). The number of hydrogen-bond donors (Lipinski definition) is 1.